The molecular weight excluding hydrogens is 518 g/mol. The zero-order chi connectivity index (χ0) is 26.0. The summed E-state index contributed by atoms with van der Waals surface area (Å²) in [7, 11) is -3.96. The van der Waals surface area contributed by atoms with Gasteiger partial charge < -0.3 is 15.5 Å². The minimum Gasteiger partial charge on any atom is -0.340 e. The normalized spacial score (nSPS) is 13.9. The third kappa shape index (κ3) is 5.35. The summed E-state index contributed by atoms with van der Waals surface area (Å²) >= 11 is 1.08. The van der Waals surface area contributed by atoms with Gasteiger partial charge in [-0.05, 0) is 42.5 Å². The summed E-state index contributed by atoms with van der Waals surface area (Å²) in [5.74, 6) is 0.255. The van der Waals surface area contributed by atoms with Gasteiger partial charge in [0.15, 0.2) is 5.13 Å². The van der Waals surface area contributed by atoms with E-state index >= 15 is 0 Å². The summed E-state index contributed by atoms with van der Waals surface area (Å²) < 4.78 is 28.8. The monoisotopic (exact) mass is 539 g/mol. The summed E-state index contributed by atoms with van der Waals surface area (Å²) in [6.07, 6.45) is 1.58. The Morgan fingerprint density at radius 2 is 1.86 bits per heavy atom. The summed E-state index contributed by atoms with van der Waals surface area (Å²) in [5.41, 5.74) is 1.19. The van der Waals surface area contributed by atoms with Gasteiger partial charge in [0.05, 0.1) is 25.6 Å². The first-order chi connectivity index (χ1) is 17.8. The SMILES string of the molecule is O=C(c1cccnc1Nc1ccc(S(=O)(=O)Nc2nc3cc([N+](=O)[O-])ccc3s2)cc1)N1CCNCC1. The lowest BCUT2D eigenvalue weighted by Crippen LogP contribution is -2.46. The van der Waals surface area contributed by atoms with Crippen LogP contribution in [0.2, 0.25) is 0 Å². The number of fused-ring (bicyclic) bond motifs is 1. The molecule has 1 amide bonds. The lowest BCUT2D eigenvalue weighted by molar-refractivity contribution is -0.384. The number of thiazole rings is 1. The Labute approximate surface area is 215 Å². The van der Waals surface area contributed by atoms with E-state index in [9.17, 15) is 23.3 Å². The number of aromatic nitrogens is 2. The number of hydrogen-bond donors (Lipinski definition) is 3. The molecule has 3 N–H and O–H groups in total. The van der Waals surface area contributed by atoms with Gasteiger partial charge in [0.25, 0.3) is 21.6 Å². The van der Waals surface area contributed by atoms with Crippen molar-refractivity contribution in [3.05, 3.63) is 76.5 Å². The number of carbonyl (C=O) groups is 1. The molecule has 0 saturated carbocycles. The van der Waals surface area contributed by atoms with Crippen LogP contribution in [0.3, 0.4) is 0 Å². The minimum absolute atomic E-state index is 0.00132. The van der Waals surface area contributed by atoms with Crippen LogP contribution in [0.25, 0.3) is 10.2 Å². The van der Waals surface area contributed by atoms with Crippen molar-refractivity contribution < 1.29 is 18.1 Å². The van der Waals surface area contributed by atoms with E-state index in [0.717, 1.165) is 24.4 Å². The average Bonchev–Trinajstić information content (AvgIpc) is 3.30. The van der Waals surface area contributed by atoms with Gasteiger partial charge >= 0.3 is 0 Å². The van der Waals surface area contributed by atoms with E-state index in [1.54, 1.807) is 35.4 Å². The molecule has 0 bridgehead atoms. The third-order valence-corrected chi connectivity index (χ3v) is 8.11. The number of hydrogen-bond acceptors (Lipinski definition) is 10. The number of anilines is 3. The van der Waals surface area contributed by atoms with Crippen molar-refractivity contribution >= 4 is 59.8 Å². The van der Waals surface area contributed by atoms with Gasteiger partial charge in [-0.15, -0.1) is 0 Å². The number of non-ortho nitro benzene ring substituents is 1. The molecule has 0 spiro atoms. The van der Waals surface area contributed by atoms with E-state index < -0.39 is 14.9 Å². The van der Waals surface area contributed by atoms with E-state index in [2.05, 4.69) is 25.3 Å². The predicted molar refractivity (Wildman–Crippen MR) is 140 cm³/mol. The number of benzene rings is 2. The van der Waals surface area contributed by atoms with Crippen molar-refractivity contribution in [3.8, 4) is 0 Å². The van der Waals surface area contributed by atoms with E-state index in [-0.39, 0.29) is 21.6 Å². The molecule has 1 fully saturated rings. The second kappa shape index (κ2) is 10.1. The van der Waals surface area contributed by atoms with Crippen molar-refractivity contribution in [2.24, 2.45) is 0 Å². The van der Waals surface area contributed by atoms with Crippen molar-refractivity contribution in [2.45, 2.75) is 4.90 Å². The molecule has 0 radical (unpaired) electrons. The molecule has 2 aromatic heterocycles. The van der Waals surface area contributed by atoms with E-state index in [1.165, 1.54) is 30.3 Å². The molecule has 1 saturated heterocycles. The van der Waals surface area contributed by atoms with Crippen molar-refractivity contribution in [2.75, 3.05) is 36.2 Å². The number of nitrogens with zero attached hydrogens (tertiary/aromatic N) is 4. The molecule has 5 rings (SSSR count). The Kier molecular flexibility index (Phi) is 6.69. The zero-order valence-electron chi connectivity index (χ0n) is 19.2. The molecule has 0 aliphatic carbocycles. The van der Waals surface area contributed by atoms with Crippen LogP contribution in [-0.2, 0) is 10.0 Å². The molecule has 14 heteroatoms. The Morgan fingerprint density at radius 1 is 1.11 bits per heavy atom. The van der Waals surface area contributed by atoms with Gasteiger partial charge in [0.1, 0.15) is 5.82 Å². The van der Waals surface area contributed by atoms with Crippen LogP contribution >= 0.6 is 11.3 Å². The molecule has 1 aliphatic rings. The number of nitro groups is 1. The highest BCUT2D eigenvalue weighted by Gasteiger charge is 2.22. The quantitative estimate of drug-likeness (QED) is 0.237. The number of amides is 1. The third-order valence-electron chi connectivity index (χ3n) is 5.67. The number of pyridine rings is 1. The first kappa shape index (κ1) is 24.5. The zero-order valence-corrected chi connectivity index (χ0v) is 20.9. The fourth-order valence-corrected chi connectivity index (χ4v) is 5.90. The maximum absolute atomic E-state index is 13.0. The lowest BCUT2D eigenvalue weighted by Gasteiger charge is -2.28. The lowest BCUT2D eigenvalue weighted by atomic mass is 10.2. The van der Waals surface area contributed by atoms with Crippen LogP contribution in [0.15, 0.2) is 65.7 Å². The number of piperazine rings is 1. The molecule has 1 aliphatic heterocycles. The molecule has 4 aromatic rings. The topological polar surface area (TPSA) is 159 Å². The van der Waals surface area contributed by atoms with E-state index in [1.807, 2.05) is 0 Å². The average molecular weight is 540 g/mol. The Balaban J connectivity index is 1.31. The van der Waals surface area contributed by atoms with Crippen LogP contribution in [0.4, 0.5) is 22.3 Å². The van der Waals surface area contributed by atoms with Crippen LogP contribution in [0, 0.1) is 10.1 Å². The number of sulfonamides is 1. The molecule has 190 valence electrons. The molecule has 0 unspecified atom stereocenters. The largest absolute Gasteiger partial charge is 0.340 e. The summed E-state index contributed by atoms with van der Waals surface area (Å²) in [4.78, 5) is 33.7. The highest BCUT2D eigenvalue weighted by atomic mass is 32.2. The summed E-state index contributed by atoms with van der Waals surface area (Å²) in [6.45, 7) is 2.68. The maximum Gasteiger partial charge on any atom is 0.271 e. The van der Waals surface area contributed by atoms with Crippen LogP contribution in [0.1, 0.15) is 10.4 Å². The fraction of sp³-hybridized carbons (Fsp3) is 0.174. The van der Waals surface area contributed by atoms with Crippen molar-refractivity contribution in [1.29, 1.82) is 0 Å². The first-order valence-electron chi connectivity index (χ1n) is 11.2. The van der Waals surface area contributed by atoms with Gasteiger partial charge in [0.2, 0.25) is 0 Å². The highest BCUT2D eigenvalue weighted by Crippen LogP contribution is 2.30. The van der Waals surface area contributed by atoms with E-state index in [4.69, 9.17) is 0 Å². The molecule has 3 heterocycles. The standard InChI is InChI=1S/C23H21N7O5S2/c31-22(29-12-10-24-11-13-29)18-2-1-9-25-21(18)26-15-3-6-17(7-4-15)37(34,35)28-23-27-19-14-16(30(32)33)5-8-20(19)36-23/h1-9,14,24H,10-13H2,(H,25,26)(H,27,28). The highest BCUT2D eigenvalue weighted by molar-refractivity contribution is 7.93. The van der Waals surface area contributed by atoms with Gasteiger partial charge in [-0.1, -0.05) is 11.3 Å². The van der Waals surface area contributed by atoms with Crippen LogP contribution < -0.4 is 15.4 Å². The fourth-order valence-electron chi connectivity index (χ4n) is 3.82. The molecule has 0 atom stereocenters. The maximum atomic E-state index is 13.0. The summed E-state index contributed by atoms with van der Waals surface area (Å²) in [5, 5.41) is 17.4. The van der Waals surface area contributed by atoms with Gasteiger partial charge in [0, 0.05) is 50.2 Å². The number of carbonyl (C=O) groups excluding carboxylic acids is 1. The van der Waals surface area contributed by atoms with Gasteiger partial charge in [-0.2, -0.15) is 0 Å². The number of rotatable bonds is 7. The summed E-state index contributed by atoms with van der Waals surface area (Å²) in [6, 6.07) is 13.6. The Bertz CT molecular complexity index is 1580. The number of nitro benzene ring substituents is 1. The Hall–Kier alpha value is -4.14. The molecule has 12 nitrogen and oxygen atoms in total. The Morgan fingerprint density at radius 3 is 2.59 bits per heavy atom. The first-order valence-corrected chi connectivity index (χ1v) is 13.5. The molecular formula is C23H21N7O5S2. The number of nitrogens with one attached hydrogen (secondary N) is 3. The van der Waals surface area contributed by atoms with Gasteiger partial charge in [-0.3, -0.25) is 19.6 Å². The van der Waals surface area contributed by atoms with Crippen molar-refractivity contribution in [1.82, 2.24) is 20.2 Å². The molecule has 2 aromatic carbocycles. The van der Waals surface area contributed by atoms with Gasteiger partial charge in [-0.25, -0.2) is 18.4 Å². The second-order valence-electron chi connectivity index (χ2n) is 8.12. The molecule has 37 heavy (non-hydrogen) atoms. The van der Waals surface area contributed by atoms with E-state index in [0.29, 0.717) is 40.4 Å². The van der Waals surface area contributed by atoms with Crippen molar-refractivity contribution in [3.63, 3.8) is 0 Å². The van der Waals surface area contributed by atoms with Crippen LogP contribution in [-0.4, -0.2) is 60.3 Å². The predicted octanol–water partition coefficient (Wildman–Crippen LogP) is 3.19. The minimum atomic E-state index is -3.96. The second-order valence-corrected chi connectivity index (χ2v) is 10.8. The van der Waals surface area contributed by atoms with Crippen LogP contribution in [0.5, 0.6) is 0 Å². The smallest absolute Gasteiger partial charge is 0.271 e.